The molecule has 0 spiro atoms. The number of phenolic OH excluding ortho intramolecular Hbond substituents is 1. The molecule has 0 fully saturated rings. The topological polar surface area (TPSA) is 131 Å². The Hall–Kier alpha value is -3.37. The van der Waals surface area contributed by atoms with Gasteiger partial charge in [-0.15, -0.1) is 0 Å². The average molecular weight is 559 g/mol. The van der Waals surface area contributed by atoms with Crippen molar-refractivity contribution in [1.82, 2.24) is 10.6 Å². The Bertz CT molecular complexity index is 1090. The molecule has 0 aliphatic rings. The summed E-state index contributed by atoms with van der Waals surface area (Å²) in [6.07, 6.45) is -0.0123. The Morgan fingerprint density at radius 3 is 2.13 bits per heavy atom. The second kappa shape index (κ2) is 15.9. The van der Waals surface area contributed by atoms with Gasteiger partial charge in [0.1, 0.15) is 17.8 Å². The van der Waals surface area contributed by atoms with Crippen molar-refractivity contribution in [2.24, 2.45) is 5.92 Å². The lowest BCUT2D eigenvalue weighted by Crippen LogP contribution is -2.58. The normalized spacial score (nSPS) is 14.8. The predicted octanol–water partition coefficient (Wildman–Crippen LogP) is 3.38. The van der Waals surface area contributed by atoms with Crippen molar-refractivity contribution in [1.29, 1.82) is 0 Å². The number of amides is 2. The van der Waals surface area contributed by atoms with Crippen LogP contribution in [0.4, 0.5) is 0 Å². The molecular weight excluding hydrogens is 520 g/mol. The molecule has 0 bridgehead atoms. The van der Waals surface area contributed by atoms with Crippen molar-refractivity contribution in [2.45, 2.75) is 70.6 Å². The minimum absolute atomic E-state index is 0.0730. The van der Waals surface area contributed by atoms with Crippen LogP contribution in [0.5, 0.6) is 5.75 Å². The van der Waals surface area contributed by atoms with Crippen LogP contribution in [-0.2, 0) is 41.7 Å². The second-order valence-corrected chi connectivity index (χ2v) is 10.7. The van der Waals surface area contributed by atoms with Crippen molar-refractivity contribution in [3.05, 3.63) is 65.7 Å². The van der Waals surface area contributed by atoms with Gasteiger partial charge in [0, 0.05) is 13.3 Å². The molecule has 39 heavy (non-hydrogen) atoms. The zero-order valence-electron chi connectivity index (χ0n) is 23.0. The lowest BCUT2D eigenvalue weighted by molar-refractivity contribution is -0.146. The van der Waals surface area contributed by atoms with E-state index in [0.29, 0.717) is 12.0 Å². The number of benzene rings is 2. The van der Waals surface area contributed by atoms with Gasteiger partial charge in [-0.05, 0) is 36.1 Å². The number of phenols is 1. The number of esters is 1. The lowest BCUT2D eigenvalue weighted by Gasteiger charge is -2.29. The summed E-state index contributed by atoms with van der Waals surface area (Å²) < 4.78 is 10.9. The van der Waals surface area contributed by atoms with E-state index >= 15 is 0 Å². The van der Waals surface area contributed by atoms with Crippen LogP contribution in [0.15, 0.2) is 54.6 Å². The highest BCUT2D eigenvalue weighted by Gasteiger charge is 2.35. The van der Waals surface area contributed by atoms with E-state index in [1.165, 1.54) is 26.2 Å². The molecule has 0 aliphatic heterocycles. The number of aromatic hydroxyl groups is 1. The first-order chi connectivity index (χ1) is 18.5. The Kier molecular flexibility index (Phi) is 13.0. The molecule has 0 heterocycles. The van der Waals surface area contributed by atoms with Gasteiger partial charge in [-0.2, -0.15) is 0 Å². The smallest absolute Gasteiger partial charge is 0.328 e. The molecule has 2 rings (SSSR count). The minimum Gasteiger partial charge on any atom is -0.508 e. The largest absolute Gasteiger partial charge is 0.508 e. The fourth-order valence-corrected chi connectivity index (χ4v) is 4.77. The molecule has 5 atom stereocenters. The average Bonchev–Trinajstić information content (AvgIpc) is 2.93. The summed E-state index contributed by atoms with van der Waals surface area (Å²) >= 11 is 0.923. The van der Waals surface area contributed by atoms with Crippen molar-refractivity contribution >= 4 is 34.7 Å². The van der Waals surface area contributed by atoms with Crippen LogP contribution in [0, 0.1) is 5.92 Å². The number of hydrogen-bond acceptors (Lipinski definition) is 8. The summed E-state index contributed by atoms with van der Waals surface area (Å²) in [4.78, 5) is 51.3. The van der Waals surface area contributed by atoms with Crippen LogP contribution in [0.2, 0.25) is 0 Å². The SMILES string of the molecule is CCC(C)[C@H](SC(C)=O)C(=O)N[C@H](C(=O)N[C@@H](Cc1ccc(O)cc1)C(=O)OC)[C@@H](C)OCc1ccccc1. The first-order valence-electron chi connectivity index (χ1n) is 12.8. The monoisotopic (exact) mass is 558 g/mol. The number of carbonyl (C=O) groups excluding carboxylic acids is 4. The fraction of sp³-hybridized carbons (Fsp3) is 0.448. The van der Waals surface area contributed by atoms with Crippen molar-refractivity contribution in [3.63, 3.8) is 0 Å². The van der Waals surface area contributed by atoms with Crippen LogP contribution in [0.3, 0.4) is 0 Å². The molecule has 0 aliphatic carbocycles. The summed E-state index contributed by atoms with van der Waals surface area (Å²) in [7, 11) is 1.22. The summed E-state index contributed by atoms with van der Waals surface area (Å²) in [5.41, 5.74) is 1.58. The van der Waals surface area contributed by atoms with E-state index in [0.717, 1.165) is 17.3 Å². The molecule has 3 N–H and O–H groups in total. The van der Waals surface area contributed by atoms with Crippen LogP contribution < -0.4 is 10.6 Å². The third-order valence-corrected chi connectivity index (χ3v) is 7.56. The summed E-state index contributed by atoms with van der Waals surface area (Å²) in [5.74, 6) is -1.81. The van der Waals surface area contributed by atoms with Gasteiger partial charge >= 0.3 is 5.97 Å². The molecule has 0 radical (unpaired) electrons. The number of carbonyl (C=O) groups is 4. The van der Waals surface area contributed by atoms with E-state index in [2.05, 4.69) is 10.6 Å². The molecular formula is C29H38N2O7S. The molecule has 212 valence electrons. The molecule has 2 amide bonds. The highest BCUT2D eigenvalue weighted by molar-refractivity contribution is 8.14. The standard InChI is InChI=1S/C29H38N2O7S/c1-6-18(2)26(39-20(4)32)28(35)31-25(19(3)38-17-22-10-8-7-9-11-22)27(34)30-24(29(36)37-5)16-21-12-14-23(33)15-13-21/h7-15,18-19,24-26,33H,6,16-17H2,1-5H3,(H,30,34)(H,31,35)/t18?,19-,24+,25+,26+/m1/s1. The fourth-order valence-electron chi connectivity index (χ4n) is 3.82. The molecule has 9 nitrogen and oxygen atoms in total. The zero-order chi connectivity index (χ0) is 28.9. The summed E-state index contributed by atoms with van der Waals surface area (Å²) in [6.45, 7) is 7.05. The highest BCUT2D eigenvalue weighted by Crippen LogP contribution is 2.24. The highest BCUT2D eigenvalue weighted by atomic mass is 32.2. The van der Waals surface area contributed by atoms with Crippen molar-refractivity contribution in [2.75, 3.05) is 7.11 Å². The number of rotatable bonds is 14. The summed E-state index contributed by atoms with van der Waals surface area (Å²) in [6, 6.07) is 13.4. The Labute approximate surface area is 234 Å². The van der Waals surface area contributed by atoms with Gasteiger partial charge in [0.25, 0.3) is 0 Å². The second-order valence-electron chi connectivity index (χ2n) is 9.36. The van der Waals surface area contributed by atoms with Crippen molar-refractivity contribution in [3.8, 4) is 5.75 Å². The van der Waals surface area contributed by atoms with E-state index in [4.69, 9.17) is 9.47 Å². The maximum Gasteiger partial charge on any atom is 0.328 e. The van der Waals surface area contributed by atoms with Crippen LogP contribution in [-0.4, -0.2) is 58.6 Å². The molecule has 2 aromatic rings. The molecule has 2 aromatic carbocycles. The zero-order valence-corrected chi connectivity index (χ0v) is 23.8. The van der Waals surface area contributed by atoms with Gasteiger partial charge in [-0.1, -0.05) is 74.5 Å². The maximum absolute atomic E-state index is 13.6. The molecule has 0 saturated carbocycles. The number of methoxy groups -OCH3 is 1. The van der Waals surface area contributed by atoms with Gasteiger partial charge in [0.05, 0.1) is 25.1 Å². The van der Waals surface area contributed by atoms with Gasteiger partial charge in [0.15, 0.2) is 5.12 Å². The first kappa shape index (κ1) is 31.8. The van der Waals surface area contributed by atoms with Crippen LogP contribution in [0.25, 0.3) is 0 Å². The Morgan fingerprint density at radius 1 is 0.923 bits per heavy atom. The first-order valence-corrected chi connectivity index (χ1v) is 13.7. The van der Waals surface area contributed by atoms with E-state index < -0.39 is 41.2 Å². The van der Waals surface area contributed by atoms with Crippen molar-refractivity contribution < 1.29 is 33.8 Å². The maximum atomic E-state index is 13.6. The molecule has 10 heteroatoms. The Balaban J connectivity index is 2.28. The number of hydrogen-bond donors (Lipinski definition) is 3. The summed E-state index contributed by atoms with van der Waals surface area (Å²) in [5, 5.41) is 14.1. The van der Waals surface area contributed by atoms with Crippen LogP contribution >= 0.6 is 11.8 Å². The van der Waals surface area contributed by atoms with E-state index in [1.54, 1.807) is 19.1 Å². The molecule has 0 saturated heterocycles. The minimum atomic E-state index is -1.16. The lowest BCUT2D eigenvalue weighted by atomic mass is 10.0. The molecule has 0 aromatic heterocycles. The number of nitrogens with one attached hydrogen (secondary N) is 2. The van der Waals surface area contributed by atoms with Gasteiger partial charge < -0.3 is 25.2 Å². The molecule has 1 unspecified atom stereocenters. The van der Waals surface area contributed by atoms with Crippen LogP contribution in [0.1, 0.15) is 45.2 Å². The quantitative estimate of drug-likeness (QED) is 0.301. The van der Waals surface area contributed by atoms with E-state index in [-0.39, 0.29) is 29.8 Å². The van der Waals surface area contributed by atoms with Gasteiger partial charge in [-0.25, -0.2) is 4.79 Å². The van der Waals surface area contributed by atoms with Gasteiger partial charge in [-0.3, -0.25) is 14.4 Å². The van der Waals surface area contributed by atoms with E-state index in [9.17, 15) is 24.3 Å². The number of thioether (sulfide) groups is 1. The third-order valence-electron chi connectivity index (χ3n) is 6.30. The third kappa shape index (κ3) is 10.4. The number of ether oxygens (including phenoxy) is 2. The van der Waals surface area contributed by atoms with E-state index in [1.807, 2.05) is 44.2 Å². The predicted molar refractivity (Wildman–Crippen MR) is 150 cm³/mol. The van der Waals surface area contributed by atoms with Gasteiger partial charge in [0.2, 0.25) is 11.8 Å². The Morgan fingerprint density at radius 2 is 1.56 bits per heavy atom.